The summed E-state index contributed by atoms with van der Waals surface area (Å²) in [7, 11) is 0. The summed E-state index contributed by atoms with van der Waals surface area (Å²) in [6.45, 7) is 3.77. The lowest BCUT2D eigenvalue weighted by Crippen LogP contribution is -2.16. The van der Waals surface area contributed by atoms with Crippen LogP contribution in [0.2, 0.25) is 0 Å². The van der Waals surface area contributed by atoms with E-state index >= 15 is 0 Å². The molecule has 20 heavy (non-hydrogen) atoms. The molecule has 0 bridgehead atoms. The molecule has 0 spiro atoms. The monoisotopic (exact) mass is 271 g/mol. The summed E-state index contributed by atoms with van der Waals surface area (Å²) in [6, 6.07) is 5.26. The van der Waals surface area contributed by atoms with Crippen LogP contribution in [0.5, 0.6) is 11.5 Å². The van der Waals surface area contributed by atoms with Gasteiger partial charge in [0.25, 0.3) is 5.91 Å². The average Bonchev–Trinajstić information content (AvgIpc) is 2.85. The minimum Gasteiger partial charge on any atom is -0.454 e. The first-order valence-corrected chi connectivity index (χ1v) is 6.14. The van der Waals surface area contributed by atoms with Crippen molar-refractivity contribution in [3.8, 4) is 11.5 Å². The van der Waals surface area contributed by atoms with Gasteiger partial charge in [-0.25, -0.2) is 9.97 Å². The van der Waals surface area contributed by atoms with Gasteiger partial charge in [-0.1, -0.05) is 0 Å². The second-order valence-corrected chi connectivity index (χ2v) is 4.44. The number of carbonyl (C=O) groups is 1. The number of aromatic nitrogens is 2. The van der Waals surface area contributed by atoms with Crippen molar-refractivity contribution in [1.82, 2.24) is 9.97 Å². The lowest BCUT2D eigenvalue weighted by Gasteiger charge is -2.09. The van der Waals surface area contributed by atoms with E-state index in [9.17, 15) is 4.79 Å². The molecule has 0 unspecified atom stereocenters. The van der Waals surface area contributed by atoms with Crippen molar-refractivity contribution in [1.29, 1.82) is 0 Å². The van der Waals surface area contributed by atoms with Crippen molar-refractivity contribution in [2.75, 3.05) is 12.1 Å². The molecule has 1 aliphatic heterocycles. The molecule has 6 nitrogen and oxygen atoms in total. The van der Waals surface area contributed by atoms with Gasteiger partial charge >= 0.3 is 0 Å². The van der Waals surface area contributed by atoms with Crippen LogP contribution in [-0.4, -0.2) is 22.7 Å². The predicted molar refractivity (Wildman–Crippen MR) is 72.0 cm³/mol. The number of nitrogens with one attached hydrogen (secondary N) is 1. The molecule has 2 aromatic rings. The van der Waals surface area contributed by atoms with Crippen LogP contribution in [0.1, 0.15) is 21.7 Å². The second-order valence-electron chi connectivity index (χ2n) is 4.44. The van der Waals surface area contributed by atoms with Gasteiger partial charge in [-0.2, -0.15) is 0 Å². The van der Waals surface area contributed by atoms with Gasteiger partial charge < -0.3 is 14.8 Å². The zero-order chi connectivity index (χ0) is 14.1. The van der Waals surface area contributed by atoms with E-state index in [0.717, 1.165) is 0 Å². The fourth-order valence-corrected chi connectivity index (χ4v) is 2.09. The number of fused-ring (bicyclic) bond motifs is 1. The summed E-state index contributed by atoms with van der Waals surface area (Å²) in [5.74, 6) is 1.07. The second kappa shape index (κ2) is 4.80. The predicted octanol–water partition coefficient (Wildman–Crippen LogP) is 2.07. The Morgan fingerprint density at radius 1 is 1.15 bits per heavy atom. The maximum Gasteiger partial charge on any atom is 0.259 e. The number of nitrogens with zero attached hydrogens (tertiary/aromatic N) is 2. The molecule has 102 valence electrons. The van der Waals surface area contributed by atoms with E-state index in [0.29, 0.717) is 34.1 Å². The molecule has 1 aliphatic rings. The number of ether oxygens (including phenoxy) is 2. The molecule has 0 radical (unpaired) electrons. The number of carbonyl (C=O) groups excluding carboxylic acids is 1. The van der Waals surface area contributed by atoms with E-state index < -0.39 is 0 Å². The molecule has 0 atom stereocenters. The first-order valence-electron chi connectivity index (χ1n) is 6.14. The van der Waals surface area contributed by atoms with Gasteiger partial charge in [0.1, 0.15) is 6.33 Å². The molecular formula is C14H13N3O3. The van der Waals surface area contributed by atoms with Crippen molar-refractivity contribution in [2.45, 2.75) is 13.8 Å². The van der Waals surface area contributed by atoms with Gasteiger partial charge in [0, 0.05) is 11.8 Å². The van der Waals surface area contributed by atoms with Crippen LogP contribution < -0.4 is 14.8 Å². The molecule has 2 heterocycles. The Hall–Kier alpha value is -2.63. The summed E-state index contributed by atoms with van der Waals surface area (Å²) in [5.41, 5.74) is 2.43. The number of hydrogen-bond acceptors (Lipinski definition) is 5. The molecule has 6 heteroatoms. The molecule has 1 N–H and O–H groups in total. The molecule has 0 saturated carbocycles. The van der Waals surface area contributed by atoms with Crippen molar-refractivity contribution in [2.24, 2.45) is 0 Å². The molecule has 0 aliphatic carbocycles. The van der Waals surface area contributed by atoms with Gasteiger partial charge in [0.15, 0.2) is 11.5 Å². The largest absolute Gasteiger partial charge is 0.454 e. The fourth-order valence-electron chi connectivity index (χ4n) is 2.09. The Kier molecular flexibility index (Phi) is 2.98. The highest BCUT2D eigenvalue weighted by Crippen LogP contribution is 2.34. The van der Waals surface area contributed by atoms with Gasteiger partial charge in [0.05, 0.1) is 17.0 Å². The number of anilines is 1. The molecular weight excluding hydrogens is 258 g/mol. The number of hydrogen-bond donors (Lipinski definition) is 1. The van der Waals surface area contributed by atoms with Crippen molar-refractivity contribution < 1.29 is 14.3 Å². The van der Waals surface area contributed by atoms with Crippen LogP contribution in [0.3, 0.4) is 0 Å². The SMILES string of the molecule is Cc1ncnc(C)c1C(=O)Nc1ccc2c(c1)OCO2. The lowest BCUT2D eigenvalue weighted by atomic mass is 10.1. The van der Waals surface area contributed by atoms with Crippen molar-refractivity contribution >= 4 is 11.6 Å². The van der Waals surface area contributed by atoms with E-state index in [1.54, 1.807) is 32.0 Å². The van der Waals surface area contributed by atoms with Gasteiger partial charge in [-0.15, -0.1) is 0 Å². The third-order valence-electron chi connectivity index (χ3n) is 3.08. The fraction of sp³-hybridized carbons (Fsp3) is 0.214. The highest BCUT2D eigenvalue weighted by molar-refractivity contribution is 6.05. The third kappa shape index (κ3) is 2.16. The summed E-state index contributed by atoms with van der Waals surface area (Å²) >= 11 is 0. The van der Waals surface area contributed by atoms with Crippen LogP contribution in [-0.2, 0) is 0 Å². The zero-order valence-corrected chi connectivity index (χ0v) is 11.1. The van der Waals surface area contributed by atoms with E-state index in [4.69, 9.17) is 9.47 Å². The van der Waals surface area contributed by atoms with Crippen LogP contribution >= 0.6 is 0 Å². The number of aryl methyl sites for hydroxylation is 2. The lowest BCUT2D eigenvalue weighted by molar-refractivity contribution is 0.102. The Bertz CT molecular complexity index is 665. The normalized spacial score (nSPS) is 12.3. The number of amides is 1. The standard InChI is InChI=1S/C14H13N3O3/c1-8-13(9(2)16-6-15-8)14(18)17-10-3-4-11-12(5-10)20-7-19-11/h3-6H,7H2,1-2H3,(H,17,18). The Morgan fingerprint density at radius 3 is 2.60 bits per heavy atom. The first-order chi connectivity index (χ1) is 9.65. The Balaban J connectivity index is 1.86. The maximum atomic E-state index is 12.3. The summed E-state index contributed by atoms with van der Waals surface area (Å²) in [5, 5.41) is 2.82. The highest BCUT2D eigenvalue weighted by atomic mass is 16.7. The van der Waals surface area contributed by atoms with Gasteiger partial charge in [-0.3, -0.25) is 4.79 Å². The quantitative estimate of drug-likeness (QED) is 0.905. The highest BCUT2D eigenvalue weighted by Gasteiger charge is 2.17. The minimum absolute atomic E-state index is 0.206. The minimum atomic E-state index is -0.237. The molecule has 1 aromatic heterocycles. The Labute approximate surface area is 115 Å². The van der Waals surface area contributed by atoms with Crippen molar-refractivity contribution in [3.05, 3.63) is 41.5 Å². The van der Waals surface area contributed by atoms with E-state index in [2.05, 4.69) is 15.3 Å². The number of benzene rings is 1. The molecule has 0 fully saturated rings. The summed E-state index contributed by atoms with van der Waals surface area (Å²) in [4.78, 5) is 20.4. The molecule has 1 amide bonds. The van der Waals surface area contributed by atoms with Crippen LogP contribution in [0, 0.1) is 13.8 Å². The maximum absolute atomic E-state index is 12.3. The van der Waals surface area contributed by atoms with Gasteiger partial charge in [0.2, 0.25) is 6.79 Å². The van der Waals surface area contributed by atoms with Crippen molar-refractivity contribution in [3.63, 3.8) is 0 Å². The smallest absolute Gasteiger partial charge is 0.259 e. The molecule has 0 saturated heterocycles. The first kappa shape index (κ1) is 12.4. The average molecular weight is 271 g/mol. The summed E-state index contributed by atoms with van der Waals surface area (Å²) < 4.78 is 10.5. The van der Waals surface area contributed by atoms with Crippen LogP contribution in [0.25, 0.3) is 0 Å². The Morgan fingerprint density at radius 2 is 1.85 bits per heavy atom. The van der Waals surface area contributed by atoms with Crippen LogP contribution in [0.4, 0.5) is 5.69 Å². The van der Waals surface area contributed by atoms with Crippen LogP contribution in [0.15, 0.2) is 24.5 Å². The topological polar surface area (TPSA) is 73.3 Å². The number of rotatable bonds is 2. The zero-order valence-electron chi connectivity index (χ0n) is 11.1. The van der Waals surface area contributed by atoms with E-state index in [1.165, 1.54) is 6.33 Å². The van der Waals surface area contributed by atoms with Gasteiger partial charge in [-0.05, 0) is 26.0 Å². The molecule has 1 aromatic carbocycles. The van der Waals surface area contributed by atoms with E-state index in [1.807, 2.05) is 0 Å². The van der Waals surface area contributed by atoms with E-state index in [-0.39, 0.29) is 12.7 Å². The molecule has 3 rings (SSSR count). The summed E-state index contributed by atoms with van der Waals surface area (Å²) in [6.07, 6.45) is 1.45. The third-order valence-corrected chi connectivity index (χ3v) is 3.08.